The van der Waals surface area contributed by atoms with Crippen LogP contribution in [-0.4, -0.2) is 31.0 Å². The fraction of sp³-hybridized carbons (Fsp3) is 0.385. The second kappa shape index (κ2) is 10.0. The van der Waals surface area contributed by atoms with Gasteiger partial charge in [-0.15, -0.1) is 0 Å². The lowest BCUT2D eigenvalue weighted by atomic mass is 10.0. The van der Waals surface area contributed by atoms with Crippen LogP contribution in [0.15, 0.2) is 51.7 Å². The van der Waals surface area contributed by atoms with E-state index in [4.69, 9.17) is 9.15 Å². The molecule has 1 fully saturated rings. The van der Waals surface area contributed by atoms with Crippen LogP contribution in [0.1, 0.15) is 41.5 Å². The largest absolute Gasteiger partial charge is 0.497 e. The Morgan fingerprint density at radius 2 is 1.81 bits per heavy atom. The standard InChI is InChI=1S/C26H30N2O4/c1-18-22-10-9-21(31-2)15-24(22)32-26(30)23(18)11-12-25(29)27-16-19-5-7-20(8-6-19)17-28-13-3-4-14-28/h5-10,15H,3-4,11-14,16-17H2,1-2H3,(H,27,29). The fourth-order valence-corrected chi connectivity index (χ4v) is 4.28. The number of fused-ring (bicyclic) bond motifs is 1. The number of hydrogen-bond donors (Lipinski definition) is 1. The fourth-order valence-electron chi connectivity index (χ4n) is 4.28. The first kappa shape index (κ1) is 22.1. The third-order valence-electron chi connectivity index (χ3n) is 6.21. The molecule has 0 saturated carbocycles. The summed E-state index contributed by atoms with van der Waals surface area (Å²) in [7, 11) is 1.57. The lowest BCUT2D eigenvalue weighted by Gasteiger charge is -2.14. The molecule has 3 aromatic rings. The van der Waals surface area contributed by atoms with Gasteiger partial charge in [-0.2, -0.15) is 0 Å². The number of likely N-dealkylation sites (tertiary alicyclic amines) is 1. The molecule has 6 heteroatoms. The molecule has 1 aliphatic heterocycles. The van der Waals surface area contributed by atoms with Gasteiger partial charge in [0.15, 0.2) is 0 Å². The first-order valence-electron chi connectivity index (χ1n) is 11.2. The molecule has 0 aliphatic carbocycles. The van der Waals surface area contributed by atoms with Gasteiger partial charge < -0.3 is 14.5 Å². The molecule has 4 rings (SSSR count). The number of nitrogens with zero attached hydrogens (tertiary/aromatic N) is 1. The number of nitrogens with one attached hydrogen (secondary N) is 1. The van der Waals surface area contributed by atoms with Gasteiger partial charge in [0.25, 0.3) is 0 Å². The average molecular weight is 435 g/mol. The molecule has 1 aliphatic rings. The van der Waals surface area contributed by atoms with Crippen LogP contribution in [-0.2, 0) is 24.3 Å². The van der Waals surface area contributed by atoms with Gasteiger partial charge in [0.05, 0.1) is 7.11 Å². The second-order valence-corrected chi connectivity index (χ2v) is 8.43. The van der Waals surface area contributed by atoms with E-state index in [2.05, 4.69) is 34.5 Å². The van der Waals surface area contributed by atoms with E-state index < -0.39 is 5.63 Å². The third kappa shape index (κ3) is 5.19. The number of carbonyl (C=O) groups is 1. The molecule has 168 valence electrons. The molecule has 1 N–H and O–H groups in total. The molecule has 2 heterocycles. The van der Waals surface area contributed by atoms with E-state index >= 15 is 0 Å². The Hall–Kier alpha value is -3.12. The van der Waals surface area contributed by atoms with Crippen molar-refractivity contribution in [2.75, 3.05) is 20.2 Å². The molecule has 0 atom stereocenters. The highest BCUT2D eigenvalue weighted by atomic mass is 16.5. The Labute approximate surface area is 188 Å². The van der Waals surface area contributed by atoms with Crippen LogP contribution in [0.2, 0.25) is 0 Å². The minimum atomic E-state index is -0.398. The van der Waals surface area contributed by atoms with E-state index in [1.54, 1.807) is 13.2 Å². The van der Waals surface area contributed by atoms with Crippen molar-refractivity contribution in [2.24, 2.45) is 0 Å². The molecule has 6 nitrogen and oxygen atoms in total. The van der Waals surface area contributed by atoms with Crippen LogP contribution in [0.4, 0.5) is 0 Å². The Kier molecular flexibility index (Phi) is 6.90. The predicted octanol–water partition coefficient (Wildman–Crippen LogP) is 3.95. The molecular weight excluding hydrogens is 404 g/mol. The minimum Gasteiger partial charge on any atom is -0.497 e. The topological polar surface area (TPSA) is 71.8 Å². The summed E-state index contributed by atoms with van der Waals surface area (Å²) >= 11 is 0. The van der Waals surface area contributed by atoms with Gasteiger partial charge in [-0.05, 0) is 68.1 Å². The van der Waals surface area contributed by atoms with Crippen molar-refractivity contribution >= 4 is 16.9 Å². The molecule has 0 bridgehead atoms. The lowest BCUT2D eigenvalue weighted by Crippen LogP contribution is -2.24. The quantitative estimate of drug-likeness (QED) is 0.544. The molecule has 0 radical (unpaired) electrons. The van der Waals surface area contributed by atoms with Crippen LogP contribution in [0, 0.1) is 6.92 Å². The maximum absolute atomic E-state index is 12.5. The van der Waals surface area contributed by atoms with Crippen molar-refractivity contribution in [3.8, 4) is 5.75 Å². The molecule has 1 aromatic heterocycles. The summed E-state index contributed by atoms with van der Waals surface area (Å²) in [5.74, 6) is 0.552. The Balaban J connectivity index is 1.32. The minimum absolute atomic E-state index is 0.0835. The lowest BCUT2D eigenvalue weighted by molar-refractivity contribution is -0.121. The van der Waals surface area contributed by atoms with E-state index in [1.165, 1.54) is 31.5 Å². The zero-order chi connectivity index (χ0) is 22.5. The number of ether oxygens (including phenoxy) is 1. The van der Waals surface area contributed by atoms with Crippen LogP contribution in [0.25, 0.3) is 11.0 Å². The summed E-state index contributed by atoms with van der Waals surface area (Å²) in [6, 6.07) is 13.8. The third-order valence-corrected chi connectivity index (χ3v) is 6.21. The predicted molar refractivity (Wildman–Crippen MR) is 125 cm³/mol. The zero-order valence-corrected chi connectivity index (χ0v) is 18.8. The smallest absolute Gasteiger partial charge is 0.339 e. The number of amides is 1. The molecule has 32 heavy (non-hydrogen) atoms. The number of methoxy groups -OCH3 is 1. The zero-order valence-electron chi connectivity index (χ0n) is 18.8. The number of aryl methyl sites for hydroxylation is 1. The Bertz CT molecular complexity index is 1140. The Morgan fingerprint density at radius 1 is 1.09 bits per heavy atom. The first-order valence-corrected chi connectivity index (χ1v) is 11.2. The monoisotopic (exact) mass is 434 g/mol. The highest BCUT2D eigenvalue weighted by molar-refractivity contribution is 5.82. The van der Waals surface area contributed by atoms with Gasteiger partial charge in [-0.3, -0.25) is 9.69 Å². The summed E-state index contributed by atoms with van der Waals surface area (Å²) in [4.78, 5) is 27.3. The van der Waals surface area contributed by atoms with Gasteiger partial charge in [0.1, 0.15) is 11.3 Å². The van der Waals surface area contributed by atoms with Crippen molar-refractivity contribution in [1.29, 1.82) is 0 Å². The summed E-state index contributed by atoms with van der Waals surface area (Å²) in [6.07, 6.45) is 3.16. The van der Waals surface area contributed by atoms with Crippen LogP contribution < -0.4 is 15.7 Å². The van der Waals surface area contributed by atoms with E-state index in [1.807, 2.05) is 19.1 Å². The molecule has 1 saturated heterocycles. The molecule has 2 aromatic carbocycles. The molecule has 0 spiro atoms. The highest BCUT2D eigenvalue weighted by Gasteiger charge is 2.14. The average Bonchev–Trinajstić information content (AvgIpc) is 3.31. The normalized spacial score (nSPS) is 14.1. The molecular formula is C26H30N2O4. The van der Waals surface area contributed by atoms with Gasteiger partial charge in [0.2, 0.25) is 5.91 Å². The molecule has 1 amide bonds. The van der Waals surface area contributed by atoms with Crippen LogP contribution in [0.3, 0.4) is 0 Å². The highest BCUT2D eigenvalue weighted by Crippen LogP contribution is 2.24. The van der Waals surface area contributed by atoms with E-state index in [0.717, 1.165) is 23.1 Å². The second-order valence-electron chi connectivity index (χ2n) is 8.43. The maximum Gasteiger partial charge on any atom is 0.339 e. The van der Waals surface area contributed by atoms with E-state index in [0.29, 0.717) is 29.9 Å². The van der Waals surface area contributed by atoms with Gasteiger partial charge >= 0.3 is 5.63 Å². The van der Waals surface area contributed by atoms with Crippen molar-refractivity contribution in [3.63, 3.8) is 0 Å². The van der Waals surface area contributed by atoms with Crippen LogP contribution in [0.5, 0.6) is 5.75 Å². The molecule has 0 unspecified atom stereocenters. The summed E-state index contributed by atoms with van der Waals surface area (Å²) < 4.78 is 10.7. The van der Waals surface area contributed by atoms with Crippen LogP contribution >= 0.6 is 0 Å². The number of benzene rings is 2. The van der Waals surface area contributed by atoms with Crippen molar-refractivity contribution in [2.45, 2.75) is 45.7 Å². The number of carbonyl (C=O) groups excluding carboxylic acids is 1. The van der Waals surface area contributed by atoms with Crippen molar-refractivity contribution in [3.05, 3.63) is 75.1 Å². The Morgan fingerprint density at radius 3 is 2.53 bits per heavy atom. The van der Waals surface area contributed by atoms with E-state index in [9.17, 15) is 9.59 Å². The number of hydrogen-bond acceptors (Lipinski definition) is 5. The first-order chi connectivity index (χ1) is 15.5. The van der Waals surface area contributed by atoms with Gasteiger partial charge in [-0.1, -0.05) is 24.3 Å². The van der Waals surface area contributed by atoms with Gasteiger partial charge in [0, 0.05) is 36.5 Å². The summed E-state index contributed by atoms with van der Waals surface area (Å²) in [5.41, 5.74) is 3.86. The van der Waals surface area contributed by atoms with Crippen molar-refractivity contribution in [1.82, 2.24) is 10.2 Å². The van der Waals surface area contributed by atoms with Crippen molar-refractivity contribution < 1.29 is 13.9 Å². The maximum atomic E-state index is 12.5. The SMILES string of the molecule is COc1ccc2c(C)c(CCC(=O)NCc3ccc(CN4CCCC4)cc3)c(=O)oc2c1. The summed E-state index contributed by atoms with van der Waals surface area (Å²) in [6.45, 7) is 5.73. The summed E-state index contributed by atoms with van der Waals surface area (Å²) in [5, 5.41) is 3.81. The number of rotatable bonds is 8. The van der Waals surface area contributed by atoms with Gasteiger partial charge in [-0.25, -0.2) is 4.79 Å². The van der Waals surface area contributed by atoms with E-state index in [-0.39, 0.29) is 12.3 Å².